The van der Waals surface area contributed by atoms with Crippen LogP contribution in [0.1, 0.15) is 31.3 Å². The van der Waals surface area contributed by atoms with Crippen molar-refractivity contribution in [3.63, 3.8) is 0 Å². The van der Waals surface area contributed by atoms with Crippen molar-refractivity contribution in [2.45, 2.75) is 31.3 Å². The van der Waals surface area contributed by atoms with E-state index in [1.807, 2.05) is 17.1 Å². The highest BCUT2D eigenvalue weighted by atomic mass is 32.2. The zero-order chi connectivity index (χ0) is 11.7. The van der Waals surface area contributed by atoms with Gasteiger partial charge in [-0.2, -0.15) is 11.8 Å². The summed E-state index contributed by atoms with van der Waals surface area (Å²) in [4.78, 5) is 17.9. The molecule has 0 amide bonds. The standard InChI is InChI=1S/C11H16N2OS2/c1-7-4-13(5-8(2)16-7)11-12-10(6-15-11)9(3)14/h6-8H,4-5H2,1-3H3. The normalized spacial score (nSPS) is 25.8. The number of carbonyl (C=O) groups is 1. The number of hydrogen-bond donors (Lipinski definition) is 0. The van der Waals surface area contributed by atoms with E-state index in [4.69, 9.17) is 0 Å². The van der Waals surface area contributed by atoms with E-state index in [-0.39, 0.29) is 5.78 Å². The molecule has 1 aromatic rings. The minimum Gasteiger partial charge on any atom is -0.346 e. The Labute approximate surface area is 104 Å². The van der Waals surface area contributed by atoms with Gasteiger partial charge in [0.25, 0.3) is 0 Å². The lowest BCUT2D eigenvalue weighted by Crippen LogP contribution is -2.40. The summed E-state index contributed by atoms with van der Waals surface area (Å²) in [6.45, 7) is 8.11. The van der Waals surface area contributed by atoms with Crippen molar-refractivity contribution in [2.75, 3.05) is 18.0 Å². The van der Waals surface area contributed by atoms with Crippen LogP contribution >= 0.6 is 23.1 Å². The Balaban J connectivity index is 2.13. The van der Waals surface area contributed by atoms with Crippen LogP contribution in [0, 0.1) is 0 Å². The number of nitrogens with zero attached hydrogens (tertiary/aromatic N) is 2. The number of hydrogen-bond acceptors (Lipinski definition) is 5. The van der Waals surface area contributed by atoms with Gasteiger partial charge in [-0.3, -0.25) is 4.79 Å². The van der Waals surface area contributed by atoms with Gasteiger partial charge in [0.2, 0.25) is 0 Å². The zero-order valence-electron chi connectivity index (χ0n) is 9.77. The van der Waals surface area contributed by atoms with E-state index in [1.54, 1.807) is 18.3 Å². The monoisotopic (exact) mass is 256 g/mol. The Morgan fingerprint density at radius 1 is 1.44 bits per heavy atom. The van der Waals surface area contributed by atoms with E-state index in [9.17, 15) is 4.79 Å². The molecule has 2 atom stereocenters. The highest BCUT2D eigenvalue weighted by Crippen LogP contribution is 2.30. The molecule has 88 valence electrons. The second kappa shape index (κ2) is 4.75. The molecule has 0 aliphatic carbocycles. The van der Waals surface area contributed by atoms with Crippen molar-refractivity contribution in [3.05, 3.63) is 11.1 Å². The van der Waals surface area contributed by atoms with Gasteiger partial charge in [0, 0.05) is 35.9 Å². The second-order valence-corrected chi connectivity index (χ2v) is 6.95. The third kappa shape index (κ3) is 2.58. The summed E-state index contributed by atoms with van der Waals surface area (Å²) in [7, 11) is 0. The highest BCUT2D eigenvalue weighted by Gasteiger charge is 2.24. The van der Waals surface area contributed by atoms with Gasteiger partial charge in [0.05, 0.1) is 0 Å². The van der Waals surface area contributed by atoms with Crippen LogP contribution in [0.3, 0.4) is 0 Å². The van der Waals surface area contributed by atoms with Gasteiger partial charge < -0.3 is 4.90 Å². The summed E-state index contributed by atoms with van der Waals surface area (Å²) in [6.07, 6.45) is 0. The van der Waals surface area contributed by atoms with Crippen molar-refractivity contribution in [1.29, 1.82) is 0 Å². The quantitative estimate of drug-likeness (QED) is 0.762. The van der Waals surface area contributed by atoms with Crippen LogP contribution in [0.2, 0.25) is 0 Å². The van der Waals surface area contributed by atoms with Gasteiger partial charge in [0.1, 0.15) is 5.69 Å². The number of thioether (sulfide) groups is 1. The first-order valence-corrected chi connectivity index (χ1v) is 7.25. The van der Waals surface area contributed by atoms with Gasteiger partial charge in [-0.25, -0.2) is 4.98 Å². The number of carbonyl (C=O) groups excluding carboxylic acids is 1. The largest absolute Gasteiger partial charge is 0.346 e. The predicted molar refractivity (Wildman–Crippen MR) is 70.8 cm³/mol. The molecule has 5 heteroatoms. The van der Waals surface area contributed by atoms with E-state index < -0.39 is 0 Å². The summed E-state index contributed by atoms with van der Waals surface area (Å²) in [6, 6.07) is 0. The molecule has 0 radical (unpaired) electrons. The Morgan fingerprint density at radius 2 is 2.06 bits per heavy atom. The molecule has 16 heavy (non-hydrogen) atoms. The number of rotatable bonds is 2. The third-order valence-electron chi connectivity index (χ3n) is 2.54. The molecule has 0 spiro atoms. The summed E-state index contributed by atoms with van der Waals surface area (Å²) in [5, 5.41) is 4.11. The molecule has 2 rings (SSSR count). The average molecular weight is 256 g/mol. The van der Waals surface area contributed by atoms with Crippen molar-refractivity contribution in [2.24, 2.45) is 0 Å². The summed E-state index contributed by atoms with van der Waals surface area (Å²) >= 11 is 3.59. The Morgan fingerprint density at radius 3 is 2.56 bits per heavy atom. The zero-order valence-corrected chi connectivity index (χ0v) is 11.4. The average Bonchev–Trinajstić information content (AvgIpc) is 2.64. The maximum atomic E-state index is 11.2. The molecule has 1 fully saturated rings. The number of ketones is 1. The molecule has 1 aliphatic heterocycles. The summed E-state index contributed by atoms with van der Waals surface area (Å²) in [5.41, 5.74) is 0.596. The predicted octanol–water partition coefficient (Wildman–Crippen LogP) is 2.68. The molecule has 3 nitrogen and oxygen atoms in total. The number of aromatic nitrogens is 1. The molecule has 2 heterocycles. The molecule has 1 aromatic heterocycles. The van der Waals surface area contributed by atoms with E-state index in [1.165, 1.54) is 0 Å². The first kappa shape index (κ1) is 11.9. The molecule has 0 aromatic carbocycles. The SMILES string of the molecule is CC(=O)c1csc(N2CC(C)SC(C)C2)n1. The van der Waals surface area contributed by atoms with Crippen molar-refractivity contribution in [3.8, 4) is 0 Å². The van der Waals surface area contributed by atoms with Gasteiger partial charge in [-0.15, -0.1) is 11.3 Å². The Kier molecular flexibility index (Phi) is 3.54. The molecular weight excluding hydrogens is 240 g/mol. The molecule has 0 saturated carbocycles. The van der Waals surface area contributed by atoms with E-state index in [0.717, 1.165) is 18.2 Å². The lowest BCUT2D eigenvalue weighted by atomic mass is 10.3. The van der Waals surface area contributed by atoms with Crippen molar-refractivity contribution < 1.29 is 4.79 Å². The highest BCUT2D eigenvalue weighted by molar-refractivity contribution is 8.00. The third-order valence-corrected chi connectivity index (χ3v) is 4.67. The van der Waals surface area contributed by atoms with Crippen LogP contribution in [0.5, 0.6) is 0 Å². The first-order chi connectivity index (χ1) is 7.56. The molecule has 1 aliphatic rings. The van der Waals surface area contributed by atoms with E-state index in [0.29, 0.717) is 16.2 Å². The second-order valence-electron chi connectivity index (χ2n) is 4.23. The van der Waals surface area contributed by atoms with Crippen LogP contribution < -0.4 is 4.90 Å². The lowest BCUT2D eigenvalue weighted by Gasteiger charge is -2.34. The molecule has 2 unspecified atom stereocenters. The van der Waals surface area contributed by atoms with Crippen molar-refractivity contribution >= 4 is 34.0 Å². The Hall–Kier alpha value is -0.550. The fourth-order valence-electron chi connectivity index (χ4n) is 1.91. The number of anilines is 1. The molecule has 1 saturated heterocycles. The van der Waals surface area contributed by atoms with Gasteiger partial charge in [-0.1, -0.05) is 13.8 Å². The molecular formula is C11H16N2OS2. The summed E-state index contributed by atoms with van der Waals surface area (Å²) < 4.78 is 0. The van der Waals surface area contributed by atoms with Crippen LogP contribution in [0.4, 0.5) is 5.13 Å². The Bertz CT molecular complexity index is 381. The van der Waals surface area contributed by atoms with Gasteiger partial charge in [-0.05, 0) is 0 Å². The topological polar surface area (TPSA) is 33.2 Å². The fraction of sp³-hybridized carbons (Fsp3) is 0.636. The van der Waals surface area contributed by atoms with Gasteiger partial charge >= 0.3 is 0 Å². The fourth-order valence-corrected chi connectivity index (χ4v) is 4.12. The van der Waals surface area contributed by atoms with Crippen molar-refractivity contribution in [1.82, 2.24) is 4.98 Å². The van der Waals surface area contributed by atoms with E-state index >= 15 is 0 Å². The molecule has 0 N–H and O–H groups in total. The van der Waals surface area contributed by atoms with Crippen LogP contribution in [0.15, 0.2) is 5.38 Å². The maximum Gasteiger partial charge on any atom is 0.186 e. The van der Waals surface area contributed by atoms with Gasteiger partial charge in [0.15, 0.2) is 10.9 Å². The van der Waals surface area contributed by atoms with Crippen LogP contribution in [0.25, 0.3) is 0 Å². The van der Waals surface area contributed by atoms with Crippen LogP contribution in [-0.4, -0.2) is 34.4 Å². The first-order valence-electron chi connectivity index (χ1n) is 5.43. The maximum absolute atomic E-state index is 11.2. The minimum atomic E-state index is 0.0509. The van der Waals surface area contributed by atoms with Crippen LogP contribution in [-0.2, 0) is 0 Å². The number of Topliss-reactive ketones (excluding diaryl/α,β-unsaturated/α-hetero) is 1. The summed E-state index contributed by atoms with van der Waals surface area (Å²) in [5.74, 6) is 0.0509. The van der Waals surface area contributed by atoms with E-state index in [2.05, 4.69) is 23.7 Å². The minimum absolute atomic E-state index is 0.0509. The number of thiazole rings is 1. The lowest BCUT2D eigenvalue weighted by molar-refractivity contribution is 0.101. The molecule has 0 bridgehead atoms. The smallest absolute Gasteiger partial charge is 0.186 e.